The monoisotopic (exact) mass is 383 g/mol. The Labute approximate surface area is 164 Å². The first-order valence-electron chi connectivity index (χ1n) is 9.36. The van der Waals surface area contributed by atoms with E-state index in [4.69, 9.17) is 4.74 Å². The fourth-order valence-corrected chi connectivity index (χ4v) is 2.96. The molecule has 2 aromatic rings. The van der Waals surface area contributed by atoms with Crippen molar-refractivity contribution in [3.8, 4) is 0 Å². The van der Waals surface area contributed by atoms with Crippen molar-refractivity contribution in [2.45, 2.75) is 20.8 Å². The third-order valence-electron chi connectivity index (χ3n) is 4.73. The van der Waals surface area contributed by atoms with E-state index in [1.165, 1.54) is 5.56 Å². The molecular formula is C20H25N5O3. The van der Waals surface area contributed by atoms with Crippen LogP contribution in [-0.4, -0.2) is 64.6 Å². The number of rotatable bonds is 4. The molecule has 0 bridgehead atoms. The Kier molecular flexibility index (Phi) is 6.08. The van der Waals surface area contributed by atoms with Crippen molar-refractivity contribution in [1.82, 2.24) is 19.8 Å². The Morgan fingerprint density at radius 2 is 1.79 bits per heavy atom. The van der Waals surface area contributed by atoms with Gasteiger partial charge in [-0.2, -0.15) is 0 Å². The zero-order valence-corrected chi connectivity index (χ0v) is 16.4. The number of anilines is 2. The summed E-state index contributed by atoms with van der Waals surface area (Å²) in [6.07, 6.45) is 1.23. The lowest BCUT2D eigenvalue weighted by Crippen LogP contribution is -2.50. The van der Waals surface area contributed by atoms with Gasteiger partial charge in [0.15, 0.2) is 0 Å². The number of benzene rings is 1. The predicted octanol–water partition coefficient (Wildman–Crippen LogP) is 2.75. The summed E-state index contributed by atoms with van der Waals surface area (Å²) < 4.78 is 5.00. The molecule has 1 aromatic carbocycles. The molecule has 1 fully saturated rings. The van der Waals surface area contributed by atoms with Crippen molar-refractivity contribution >= 4 is 23.6 Å². The lowest BCUT2D eigenvalue weighted by Gasteiger charge is -2.33. The minimum atomic E-state index is -0.337. The molecule has 1 saturated heterocycles. The smallest absolute Gasteiger partial charge is 0.409 e. The number of nitrogens with one attached hydrogen (secondary N) is 1. The summed E-state index contributed by atoms with van der Waals surface area (Å²) in [5.74, 6) is 0.202. The second-order valence-electron chi connectivity index (χ2n) is 6.67. The van der Waals surface area contributed by atoms with E-state index in [9.17, 15) is 9.59 Å². The third kappa shape index (κ3) is 4.57. The van der Waals surface area contributed by atoms with Gasteiger partial charge in [0.2, 0.25) is 5.95 Å². The van der Waals surface area contributed by atoms with Gasteiger partial charge in [0.25, 0.3) is 5.91 Å². The molecule has 0 spiro atoms. The van der Waals surface area contributed by atoms with Gasteiger partial charge in [-0.1, -0.05) is 6.07 Å². The summed E-state index contributed by atoms with van der Waals surface area (Å²) in [7, 11) is 0. The van der Waals surface area contributed by atoms with Gasteiger partial charge in [-0.3, -0.25) is 4.79 Å². The first kappa shape index (κ1) is 19.6. The molecule has 2 amide bonds. The van der Waals surface area contributed by atoms with Crippen LogP contribution in [0, 0.1) is 13.8 Å². The number of carbonyl (C=O) groups excluding carboxylic acids is 2. The van der Waals surface area contributed by atoms with E-state index in [0.29, 0.717) is 44.4 Å². The second-order valence-corrected chi connectivity index (χ2v) is 6.67. The fraction of sp³-hybridized carbons (Fsp3) is 0.400. The van der Waals surface area contributed by atoms with Crippen molar-refractivity contribution in [1.29, 1.82) is 0 Å². The minimum absolute atomic E-state index is 0.172. The van der Waals surface area contributed by atoms with Gasteiger partial charge in [-0.05, 0) is 50.1 Å². The van der Waals surface area contributed by atoms with Gasteiger partial charge in [0, 0.05) is 38.1 Å². The van der Waals surface area contributed by atoms with Crippen LogP contribution in [0.25, 0.3) is 0 Å². The highest BCUT2D eigenvalue weighted by molar-refractivity contribution is 5.92. The number of carbonyl (C=O) groups is 2. The van der Waals surface area contributed by atoms with E-state index in [0.717, 1.165) is 11.3 Å². The SMILES string of the molecule is CCOC(=O)N1CCN(C(=O)c2ccnc(Nc3ccc(C)c(C)c3)n2)CC1. The molecule has 1 aliphatic rings. The van der Waals surface area contributed by atoms with Gasteiger partial charge in [0.1, 0.15) is 5.69 Å². The van der Waals surface area contributed by atoms with Gasteiger partial charge in [0.05, 0.1) is 6.61 Å². The lowest BCUT2D eigenvalue weighted by molar-refractivity contribution is 0.0566. The van der Waals surface area contributed by atoms with Crippen LogP contribution in [0.15, 0.2) is 30.5 Å². The van der Waals surface area contributed by atoms with E-state index < -0.39 is 0 Å². The van der Waals surface area contributed by atoms with Gasteiger partial charge < -0.3 is 19.9 Å². The van der Waals surface area contributed by atoms with Crippen LogP contribution in [-0.2, 0) is 4.74 Å². The van der Waals surface area contributed by atoms with Crippen LogP contribution in [0.5, 0.6) is 0 Å². The number of amides is 2. The van der Waals surface area contributed by atoms with Crippen LogP contribution >= 0.6 is 0 Å². The molecule has 8 nitrogen and oxygen atoms in total. The van der Waals surface area contributed by atoms with Crippen LogP contribution in [0.3, 0.4) is 0 Å². The molecule has 1 aromatic heterocycles. The molecule has 0 unspecified atom stereocenters. The summed E-state index contributed by atoms with van der Waals surface area (Å²) >= 11 is 0. The van der Waals surface area contributed by atoms with E-state index in [2.05, 4.69) is 22.2 Å². The van der Waals surface area contributed by atoms with Crippen molar-refractivity contribution < 1.29 is 14.3 Å². The first-order chi connectivity index (χ1) is 13.5. The number of hydrogen-bond donors (Lipinski definition) is 1. The molecule has 1 aliphatic heterocycles. The highest BCUT2D eigenvalue weighted by atomic mass is 16.6. The fourth-order valence-electron chi connectivity index (χ4n) is 2.96. The highest BCUT2D eigenvalue weighted by Crippen LogP contribution is 2.18. The van der Waals surface area contributed by atoms with Crippen LogP contribution in [0.2, 0.25) is 0 Å². The number of hydrogen-bond acceptors (Lipinski definition) is 6. The normalized spacial score (nSPS) is 14.0. The maximum absolute atomic E-state index is 12.8. The maximum Gasteiger partial charge on any atom is 0.409 e. The third-order valence-corrected chi connectivity index (χ3v) is 4.73. The molecule has 3 rings (SSSR count). The number of nitrogens with zero attached hydrogens (tertiary/aromatic N) is 4. The average molecular weight is 383 g/mol. The van der Waals surface area contributed by atoms with Crippen LogP contribution in [0.4, 0.5) is 16.4 Å². The molecule has 28 heavy (non-hydrogen) atoms. The van der Waals surface area contributed by atoms with E-state index >= 15 is 0 Å². The van der Waals surface area contributed by atoms with Crippen LogP contribution in [0.1, 0.15) is 28.5 Å². The molecule has 2 heterocycles. The summed E-state index contributed by atoms with van der Waals surface area (Å²) in [4.78, 5) is 36.4. The average Bonchev–Trinajstić information content (AvgIpc) is 2.71. The minimum Gasteiger partial charge on any atom is -0.450 e. The standard InChI is InChI=1S/C20H25N5O3/c1-4-28-20(27)25-11-9-24(10-12-25)18(26)17-7-8-21-19(23-17)22-16-6-5-14(2)15(3)13-16/h5-8,13H,4,9-12H2,1-3H3,(H,21,22,23). The zero-order chi connectivity index (χ0) is 20.1. The molecule has 1 N–H and O–H groups in total. The van der Waals surface area contributed by atoms with E-state index in [1.807, 2.05) is 25.1 Å². The molecule has 0 radical (unpaired) electrons. The van der Waals surface area contributed by atoms with Crippen molar-refractivity contribution in [2.24, 2.45) is 0 Å². The summed E-state index contributed by atoms with van der Waals surface area (Å²) in [6.45, 7) is 8.00. The van der Waals surface area contributed by atoms with Gasteiger partial charge >= 0.3 is 6.09 Å². The van der Waals surface area contributed by atoms with Crippen LogP contribution < -0.4 is 5.32 Å². The summed E-state index contributed by atoms with van der Waals surface area (Å²) in [5, 5.41) is 3.14. The Bertz CT molecular complexity index is 863. The Morgan fingerprint density at radius 1 is 1.07 bits per heavy atom. The molecular weight excluding hydrogens is 358 g/mol. The maximum atomic E-state index is 12.8. The first-order valence-corrected chi connectivity index (χ1v) is 9.36. The van der Waals surface area contributed by atoms with E-state index in [-0.39, 0.29) is 12.0 Å². The number of piperazine rings is 1. The Balaban J connectivity index is 1.64. The molecule has 8 heteroatoms. The molecule has 0 saturated carbocycles. The van der Waals surface area contributed by atoms with Gasteiger partial charge in [-0.25, -0.2) is 14.8 Å². The molecule has 148 valence electrons. The summed E-state index contributed by atoms with van der Waals surface area (Å²) in [5.41, 5.74) is 3.57. The van der Waals surface area contributed by atoms with Crippen molar-refractivity contribution in [3.63, 3.8) is 0 Å². The summed E-state index contributed by atoms with van der Waals surface area (Å²) in [6, 6.07) is 7.60. The lowest BCUT2D eigenvalue weighted by atomic mass is 10.1. The molecule has 0 aliphatic carbocycles. The largest absolute Gasteiger partial charge is 0.450 e. The number of ether oxygens (including phenoxy) is 1. The topological polar surface area (TPSA) is 87.7 Å². The number of aromatic nitrogens is 2. The van der Waals surface area contributed by atoms with Crippen molar-refractivity contribution in [2.75, 3.05) is 38.1 Å². The zero-order valence-electron chi connectivity index (χ0n) is 16.4. The number of aryl methyl sites for hydroxylation is 2. The molecule has 0 atom stereocenters. The quantitative estimate of drug-likeness (QED) is 0.873. The Hall–Kier alpha value is -3.16. The second kappa shape index (κ2) is 8.69. The highest BCUT2D eigenvalue weighted by Gasteiger charge is 2.26. The van der Waals surface area contributed by atoms with Gasteiger partial charge in [-0.15, -0.1) is 0 Å². The Morgan fingerprint density at radius 3 is 2.46 bits per heavy atom. The van der Waals surface area contributed by atoms with Crippen molar-refractivity contribution in [3.05, 3.63) is 47.3 Å². The van der Waals surface area contributed by atoms with E-state index in [1.54, 1.807) is 29.0 Å². The predicted molar refractivity (Wildman–Crippen MR) is 106 cm³/mol.